The molecule has 1 aliphatic heterocycles. The van der Waals surface area contributed by atoms with E-state index in [0.29, 0.717) is 6.54 Å². The molecule has 1 aromatic rings. The summed E-state index contributed by atoms with van der Waals surface area (Å²) in [6.07, 6.45) is 5.03. The maximum absolute atomic E-state index is 11.7. The molecule has 2 N–H and O–H groups in total. The highest BCUT2D eigenvalue weighted by Crippen LogP contribution is 2.68. The van der Waals surface area contributed by atoms with Crippen LogP contribution in [-0.4, -0.2) is 46.2 Å². The van der Waals surface area contributed by atoms with Gasteiger partial charge < -0.3 is 14.9 Å². The number of carbonyl (C=O) groups is 2. The second-order valence-corrected chi connectivity index (χ2v) is 7.73. The van der Waals surface area contributed by atoms with Gasteiger partial charge in [0, 0.05) is 25.2 Å². The van der Waals surface area contributed by atoms with E-state index in [2.05, 4.69) is 0 Å². The van der Waals surface area contributed by atoms with Gasteiger partial charge >= 0.3 is 11.9 Å². The van der Waals surface area contributed by atoms with Crippen LogP contribution >= 0.6 is 0 Å². The number of ether oxygens (including phenoxy) is 1. The molecule has 1 heterocycles. The number of aliphatic carboxylic acids is 2. The van der Waals surface area contributed by atoms with Crippen LogP contribution in [0.25, 0.3) is 0 Å². The molecular weight excluding hydrogens is 322 g/mol. The average Bonchev–Trinajstić information content (AvgIpc) is 2.89. The van der Waals surface area contributed by atoms with Crippen LogP contribution in [0.1, 0.15) is 37.7 Å². The monoisotopic (exact) mass is 345 g/mol. The van der Waals surface area contributed by atoms with E-state index in [1.54, 1.807) is 0 Å². The van der Waals surface area contributed by atoms with Gasteiger partial charge in [-0.1, -0.05) is 18.2 Å². The van der Waals surface area contributed by atoms with E-state index in [0.717, 1.165) is 24.2 Å². The lowest BCUT2D eigenvalue weighted by Gasteiger charge is -2.22. The van der Waals surface area contributed by atoms with E-state index < -0.39 is 22.8 Å². The van der Waals surface area contributed by atoms with E-state index >= 15 is 0 Å². The number of hydrogen-bond acceptors (Lipinski definition) is 4. The van der Waals surface area contributed by atoms with Crippen molar-refractivity contribution in [2.24, 2.45) is 10.8 Å². The summed E-state index contributed by atoms with van der Waals surface area (Å²) in [4.78, 5) is 25.3. The molecule has 6 nitrogen and oxygen atoms in total. The van der Waals surface area contributed by atoms with Crippen LogP contribution < -0.4 is 4.74 Å². The fourth-order valence-electron chi connectivity index (χ4n) is 4.69. The zero-order valence-corrected chi connectivity index (χ0v) is 14.1. The summed E-state index contributed by atoms with van der Waals surface area (Å²) < 4.78 is 6.14. The van der Waals surface area contributed by atoms with Crippen LogP contribution in [0.3, 0.4) is 0 Å². The molecule has 6 heteroatoms. The molecule has 2 atom stereocenters. The fraction of sp³-hybridized carbons (Fsp3) is 0.579. The third-order valence-corrected chi connectivity index (χ3v) is 6.16. The first-order chi connectivity index (χ1) is 12.0. The molecule has 3 fully saturated rings. The van der Waals surface area contributed by atoms with Gasteiger partial charge in [0.15, 0.2) is 0 Å². The number of carboxylic acid groups (broad SMARTS) is 2. The number of benzene rings is 1. The summed E-state index contributed by atoms with van der Waals surface area (Å²) in [5.74, 6) is -1.15. The molecule has 1 aromatic carbocycles. The largest absolute Gasteiger partial charge is 0.490 e. The molecule has 0 unspecified atom stereocenters. The zero-order valence-electron chi connectivity index (χ0n) is 14.1. The molecule has 2 saturated carbocycles. The Morgan fingerprint density at radius 1 is 1.08 bits per heavy atom. The van der Waals surface area contributed by atoms with E-state index in [9.17, 15) is 19.8 Å². The molecule has 2 aliphatic carbocycles. The first kappa shape index (κ1) is 16.4. The number of fused-ring (bicyclic) bond motifs is 1. The van der Waals surface area contributed by atoms with Gasteiger partial charge in [0.2, 0.25) is 0 Å². The molecule has 3 aliphatic rings. The van der Waals surface area contributed by atoms with Gasteiger partial charge in [0.25, 0.3) is 0 Å². The van der Waals surface area contributed by atoms with Gasteiger partial charge in [-0.3, -0.25) is 14.5 Å². The van der Waals surface area contributed by atoms with Crippen LogP contribution in [-0.2, 0) is 16.1 Å². The quantitative estimate of drug-likeness (QED) is 0.823. The van der Waals surface area contributed by atoms with E-state index in [1.165, 1.54) is 12.8 Å². The molecule has 4 rings (SSSR count). The Bertz CT molecular complexity index is 686. The van der Waals surface area contributed by atoms with Gasteiger partial charge in [0.1, 0.15) is 5.75 Å². The first-order valence-corrected chi connectivity index (χ1v) is 8.91. The van der Waals surface area contributed by atoms with Crippen molar-refractivity contribution in [3.63, 3.8) is 0 Å². The minimum atomic E-state index is -1.12. The second kappa shape index (κ2) is 5.73. The van der Waals surface area contributed by atoms with Crippen LogP contribution in [0.4, 0.5) is 0 Å². The third kappa shape index (κ3) is 2.51. The summed E-state index contributed by atoms with van der Waals surface area (Å²) >= 11 is 0. The highest BCUT2D eigenvalue weighted by molar-refractivity contribution is 5.94. The predicted octanol–water partition coefficient (Wildman–Crippen LogP) is 2.37. The molecule has 0 bridgehead atoms. The lowest BCUT2D eigenvalue weighted by Crippen LogP contribution is -2.28. The van der Waals surface area contributed by atoms with Crippen molar-refractivity contribution in [2.75, 3.05) is 13.1 Å². The molecule has 0 amide bonds. The van der Waals surface area contributed by atoms with Crippen LogP contribution in [0, 0.1) is 10.8 Å². The lowest BCUT2D eigenvalue weighted by atomic mass is 9.97. The Morgan fingerprint density at radius 2 is 1.68 bits per heavy atom. The summed E-state index contributed by atoms with van der Waals surface area (Å²) in [6, 6.07) is 7.81. The van der Waals surface area contributed by atoms with Crippen molar-refractivity contribution in [2.45, 2.75) is 44.8 Å². The number of carboxylic acids is 2. The number of likely N-dealkylation sites (tertiary alicyclic amines) is 1. The second-order valence-electron chi connectivity index (χ2n) is 7.73. The number of hydrogen-bond donors (Lipinski definition) is 2. The average molecular weight is 345 g/mol. The van der Waals surface area contributed by atoms with Gasteiger partial charge in [-0.25, -0.2) is 0 Å². The van der Waals surface area contributed by atoms with Crippen molar-refractivity contribution in [3.8, 4) is 5.75 Å². The lowest BCUT2D eigenvalue weighted by molar-refractivity contribution is -0.151. The smallest absolute Gasteiger partial charge is 0.312 e. The number of piperidine rings is 1. The number of rotatable bonds is 6. The minimum Gasteiger partial charge on any atom is -0.490 e. The molecule has 25 heavy (non-hydrogen) atoms. The van der Waals surface area contributed by atoms with Crippen LogP contribution in [0.15, 0.2) is 24.3 Å². The van der Waals surface area contributed by atoms with E-state index in [-0.39, 0.29) is 25.6 Å². The Labute approximate surface area is 146 Å². The van der Waals surface area contributed by atoms with Crippen molar-refractivity contribution in [1.82, 2.24) is 4.90 Å². The highest BCUT2D eigenvalue weighted by Gasteiger charge is 2.80. The number of para-hydroxylation sites is 1. The van der Waals surface area contributed by atoms with Gasteiger partial charge in [-0.2, -0.15) is 0 Å². The van der Waals surface area contributed by atoms with Crippen LogP contribution in [0.2, 0.25) is 0 Å². The van der Waals surface area contributed by atoms with Gasteiger partial charge in [-0.05, 0) is 38.2 Å². The van der Waals surface area contributed by atoms with E-state index in [1.807, 2.05) is 29.2 Å². The SMILES string of the molecule is O=C(O)[C@@]12CN(Cc3ccccc3OC3CCCC3)C[C@]1(C(=O)O)C2. The van der Waals surface area contributed by atoms with Crippen LogP contribution in [0.5, 0.6) is 5.75 Å². The standard InChI is InChI=1S/C19H23NO5/c21-16(22)18-10-19(18,17(23)24)12-20(11-18)9-13-5-1-4-8-15(13)25-14-6-2-3-7-14/h1,4-5,8,14H,2-3,6-7,9-12H2,(H,21,22)(H,23,24)/t18-,19+. The summed E-state index contributed by atoms with van der Waals surface area (Å²) in [7, 11) is 0. The Balaban J connectivity index is 1.50. The number of nitrogens with zero attached hydrogens (tertiary/aromatic N) is 1. The normalized spacial score (nSPS) is 31.7. The molecule has 0 aromatic heterocycles. The molecule has 0 spiro atoms. The van der Waals surface area contributed by atoms with Crippen molar-refractivity contribution < 1.29 is 24.5 Å². The van der Waals surface area contributed by atoms with Crippen molar-refractivity contribution in [3.05, 3.63) is 29.8 Å². The Kier molecular flexibility index (Phi) is 3.76. The maximum atomic E-state index is 11.7. The highest BCUT2D eigenvalue weighted by atomic mass is 16.5. The summed E-state index contributed by atoms with van der Waals surface area (Å²) in [6.45, 7) is 1.09. The molecular formula is C19H23NO5. The zero-order chi connectivity index (χ0) is 17.7. The van der Waals surface area contributed by atoms with Crippen molar-refractivity contribution >= 4 is 11.9 Å². The molecule has 1 saturated heterocycles. The summed E-state index contributed by atoms with van der Waals surface area (Å²) in [5.41, 5.74) is -1.25. The third-order valence-electron chi connectivity index (χ3n) is 6.16. The topological polar surface area (TPSA) is 87.1 Å². The fourth-order valence-corrected chi connectivity index (χ4v) is 4.69. The molecule has 0 radical (unpaired) electrons. The molecule has 134 valence electrons. The Hall–Kier alpha value is -2.08. The minimum absolute atomic E-state index is 0.237. The Morgan fingerprint density at radius 3 is 2.28 bits per heavy atom. The van der Waals surface area contributed by atoms with Gasteiger partial charge in [0.05, 0.1) is 16.9 Å². The first-order valence-electron chi connectivity index (χ1n) is 8.91. The van der Waals surface area contributed by atoms with Gasteiger partial charge in [-0.15, -0.1) is 0 Å². The predicted molar refractivity (Wildman–Crippen MR) is 89.4 cm³/mol. The van der Waals surface area contributed by atoms with Crippen molar-refractivity contribution in [1.29, 1.82) is 0 Å². The summed E-state index contributed by atoms with van der Waals surface area (Å²) in [5, 5.41) is 19.1. The van der Waals surface area contributed by atoms with E-state index in [4.69, 9.17) is 4.74 Å². The maximum Gasteiger partial charge on any atom is 0.312 e.